The van der Waals surface area contributed by atoms with Crippen LogP contribution in [0, 0.1) is 5.92 Å². The zero-order valence-electron chi connectivity index (χ0n) is 10.3. The van der Waals surface area contributed by atoms with Crippen molar-refractivity contribution in [2.75, 3.05) is 19.7 Å². The number of nitrogens with one attached hydrogen (secondary N) is 2. The van der Waals surface area contributed by atoms with E-state index in [0.29, 0.717) is 6.61 Å². The number of benzene rings is 1. The quantitative estimate of drug-likeness (QED) is 0.825. The van der Waals surface area contributed by atoms with Crippen molar-refractivity contribution in [1.82, 2.24) is 10.6 Å². The monoisotopic (exact) mass is 246 g/mol. The molecule has 0 saturated carbocycles. The van der Waals surface area contributed by atoms with E-state index in [1.807, 2.05) is 24.3 Å². The van der Waals surface area contributed by atoms with Crippen molar-refractivity contribution in [2.24, 2.45) is 5.92 Å². The summed E-state index contributed by atoms with van der Waals surface area (Å²) in [6, 6.07) is 7.93. The van der Waals surface area contributed by atoms with Gasteiger partial charge in [0.15, 0.2) is 0 Å². The van der Waals surface area contributed by atoms with Gasteiger partial charge in [-0.15, -0.1) is 0 Å². The van der Waals surface area contributed by atoms with E-state index in [-0.39, 0.29) is 17.9 Å². The fourth-order valence-corrected chi connectivity index (χ4v) is 2.66. The van der Waals surface area contributed by atoms with Crippen molar-refractivity contribution < 1.29 is 9.53 Å². The first kappa shape index (κ1) is 11.5. The van der Waals surface area contributed by atoms with Gasteiger partial charge in [-0.05, 0) is 32.0 Å². The van der Waals surface area contributed by atoms with Gasteiger partial charge in [-0.25, -0.2) is 0 Å². The minimum atomic E-state index is 0.0172. The second kappa shape index (κ2) is 4.98. The van der Waals surface area contributed by atoms with Crippen molar-refractivity contribution in [3.63, 3.8) is 0 Å². The van der Waals surface area contributed by atoms with Gasteiger partial charge >= 0.3 is 0 Å². The van der Waals surface area contributed by atoms with Crippen LogP contribution in [0.4, 0.5) is 0 Å². The van der Waals surface area contributed by atoms with Crippen LogP contribution in [-0.4, -0.2) is 25.6 Å². The van der Waals surface area contributed by atoms with Crippen LogP contribution in [0.25, 0.3) is 0 Å². The SMILES string of the molecule is O=C(NC1COc2ccccc21)C1CCNCC1. The summed E-state index contributed by atoms with van der Waals surface area (Å²) in [6.07, 6.45) is 1.86. The second-order valence-electron chi connectivity index (χ2n) is 4.93. The van der Waals surface area contributed by atoms with E-state index in [4.69, 9.17) is 4.74 Å². The maximum Gasteiger partial charge on any atom is 0.223 e. The summed E-state index contributed by atoms with van der Waals surface area (Å²) in [5.41, 5.74) is 1.10. The number of para-hydroxylation sites is 1. The molecular weight excluding hydrogens is 228 g/mol. The lowest BCUT2D eigenvalue weighted by Crippen LogP contribution is -2.40. The third-order valence-electron chi connectivity index (χ3n) is 3.73. The van der Waals surface area contributed by atoms with Crippen LogP contribution in [0.5, 0.6) is 5.75 Å². The van der Waals surface area contributed by atoms with Gasteiger partial charge in [0.05, 0.1) is 6.04 Å². The molecule has 3 rings (SSSR count). The van der Waals surface area contributed by atoms with Crippen LogP contribution in [0.2, 0.25) is 0 Å². The van der Waals surface area contributed by atoms with Gasteiger partial charge in [-0.3, -0.25) is 4.79 Å². The Bertz CT molecular complexity index is 441. The summed E-state index contributed by atoms with van der Waals surface area (Å²) in [4.78, 5) is 12.2. The average molecular weight is 246 g/mol. The molecule has 0 aromatic heterocycles. The fraction of sp³-hybridized carbons (Fsp3) is 0.500. The Morgan fingerprint density at radius 3 is 2.89 bits per heavy atom. The number of amides is 1. The third-order valence-corrected chi connectivity index (χ3v) is 3.73. The first-order valence-electron chi connectivity index (χ1n) is 6.57. The highest BCUT2D eigenvalue weighted by molar-refractivity contribution is 5.79. The lowest BCUT2D eigenvalue weighted by molar-refractivity contribution is -0.126. The smallest absolute Gasteiger partial charge is 0.223 e. The molecule has 4 heteroatoms. The Labute approximate surface area is 107 Å². The van der Waals surface area contributed by atoms with Crippen molar-refractivity contribution in [3.8, 4) is 5.75 Å². The third kappa shape index (κ3) is 2.20. The highest BCUT2D eigenvalue weighted by atomic mass is 16.5. The lowest BCUT2D eigenvalue weighted by atomic mass is 9.96. The molecular formula is C14H18N2O2. The average Bonchev–Trinajstić information content (AvgIpc) is 2.83. The molecule has 0 spiro atoms. The zero-order valence-corrected chi connectivity index (χ0v) is 10.3. The Kier molecular flexibility index (Phi) is 3.19. The summed E-state index contributed by atoms with van der Waals surface area (Å²) < 4.78 is 5.57. The number of hydrogen-bond acceptors (Lipinski definition) is 3. The molecule has 2 heterocycles. The maximum atomic E-state index is 12.2. The van der Waals surface area contributed by atoms with E-state index in [0.717, 1.165) is 37.2 Å². The van der Waals surface area contributed by atoms with Gasteiger partial charge in [0, 0.05) is 11.5 Å². The van der Waals surface area contributed by atoms with Crippen molar-refractivity contribution in [2.45, 2.75) is 18.9 Å². The van der Waals surface area contributed by atoms with Crippen molar-refractivity contribution in [3.05, 3.63) is 29.8 Å². The molecule has 2 aliphatic heterocycles. The van der Waals surface area contributed by atoms with Gasteiger partial charge in [-0.2, -0.15) is 0 Å². The molecule has 1 aromatic rings. The number of carbonyl (C=O) groups is 1. The number of hydrogen-bond donors (Lipinski definition) is 2. The molecule has 96 valence electrons. The van der Waals surface area contributed by atoms with Crippen LogP contribution in [0.3, 0.4) is 0 Å². The topological polar surface area (TPSA) is 50.4 Å². The van der Waals surface area contributed by atoms with Gasteiger partial charge < -0.3 is 15.4 Å². The molecule has 4 nitrogen and oxygen atoms in total. The maximum absolute atomic E-state index is 12.2. The van der Waals surface area contributed by atoms with E-state index < -0.39 is 0 Å². The van der Waals surface area contributed by atoms with Gasteiger partial charge in [0.25, 0.3) is 0 Å². The molecule has 1 fully saturated rings. The number of carbonyl (C=O) groups excluding carboxylic acids is 1. The summed E-state index contributed by atoms with van der Waals surface area (Å²) in [7, 11) is 0. The van der Waals surface area contributed by atoms with E-state index >= 15 is 0 Å². The highest BCUT2D eigenvalue weighted by Gasteiger charge is 2.28. The molecule has 1 saturated heterocycles. The predicted molar refractivity (Wildman–Crippen MR) is 68.4 cm³/mol. The van der Waals surface area contributed by atoms with Crippen molar-refractivity contribution >= 4 is 5.91 Å². The molecule has 0 bridgehead atoms. The zero-order chi connectivity index (χ0) is 12.4. The van der Waals surface area contributed by atoms with Crippen molar-refractivity contribution in [1.29, 1.82) is 0 Å². The normalized spacial score (nSPS) is 23.2. The molecule has 18 heavy (non-hydrogen) atoms. The van der Waals surface area contributed by atoms with E-state index in [1.165, 1.54) is 0 Å². The van der Waals surface area contributed by atoms with Crippen LogP contribution >= 0.6 is 0 Å². The molecule has 1 amide bonds. The standard InChI is InChI=1S/C14H18N2O2/c17-14(10-5-7-15-8-6-10)16-12-9-18-13-4-2-1-3-11(12)13/h1-4,10,12,15H,5-9H2,(H,16,17). The van der Waals surface area contributed by atoms with E-state index in [9.17, 15) is 4.79 Å². The first-order chi connectivity index (χ1) is 8.84. The molecule has 2 aliphatic rings. The minimum Gasteiger partial charge on any atom is -0.491 e. The van der Waals surface area contributed by atoms with Crippen LogP contribution in [0.1, 0.15) is 24.4 Å². The fourth-order valence-electron chi connectivity index (χ4n) is 2.66. The number of fused-ring (bicyclic) bond motifs is 1. The molecule has 1 aromatic carbocycles. The molecule has 0 radical (unpaired) electrons. The minimum absolute atomic E-state index is 0.0172. The predicted octanol–water partition coefficient (Wildman–Crippen LogP) is 1.24. The summed E-state index contributed by atoms with van der Waals surface area (Å²) in [5.74, 6) is 1.22. The van der Waals surface area contributed by atoms with Crippen LogP contribution in [-0.2, 0) is 4.79 Å². The Morgan fingerprint density at radius 2 is 2.06 bits per heavy atom. The van der Waals surface area contributed by atoms with Gasteiger partial charge in [0.1, 0.15) is 12.4 Å². The number of rotatable bonds is 2. The largest absolute Gasteiger partial charge is 0.491 e. The Balaban J connectivity index is 1.65. The van der Waals surface area contributed by atoms with E-state index in [2.05, 4.69) is 10.6 Å². The Hall–Kier alpha value is -1.55. The summed E-state index contributed by atoms with van der Waals surface area (Å²) >= 11 is 0. The Morgan fingerprint density at radius 1 is 1.28 bits per heavy atom. The molecule has 1 unspecified atom stereocenters. The highest BCUT2D eigenvalue weighted by Crippen LogP contribution is 2.32. The lowest BCUT2D eigenvalue weighted by Gasteiger charge is -2.23. The van der Waals surface area contributed by atoms with E-state index in [1.54, 1.807) is 0 Å². The van der Waals surface area contributed by atoms with Gasteiger partial charge in [-0.1, -0.05) is 18.2 Å². The summed E-state index contributed by atoms with van der Waals surface area (Å²) in [6.45, 7) is 2.43. The van der Waals surface area contributed by atoms with Crippen LogP contribution in [0.15, 0.2) is 24.3 Å². The number of ether oxygens (including phenoxy) is 1. The van der Waals surface area contributed by atoms with Crippen LogP contribution < -0.4 is 15.4 Å². The molecule has 0 aliphatic carbocycles. The summed E-state index contributed by atoms with van der Waals surface area (Å²) in [5, 5.41) is 6.39. The molecule has 1 atom stereocenters. The molecule has 2 N–H and O–H groups in total. The van der Waals surface area contributed by atoms with Gasteiger partial charge in [0.2, 0.25) is 5.91 Å². The first-order valence-corrected chi connectivity index (χ1v) is 6.57. The number of piperidine rings is 1. The second-order valence-corrected chi connectivity index (χ2v) is 4.93.